The second kappa shape index (κ2) is 6.26. The summed E-state index contributed by atoms with van der Waals surface area (Å²) in [7, 11) is 0. The van der Waals surface area contributed by atoms with Crippen LogP contribution in [0.15, 0.2) is 22.7 Å². The lowest BCUT2D eigenvalue weighted by molar-refractivity contribution is -0.385. The Kier molecular flexibility index (Phi) is 4.68. The molecule has 0 amide bonds. The smallest absolute Gasteiger partial charge is 0.273 e. The van der Waals surface area contributed by atoms with Crippen LogP contribution in [-0.2, 0) is 11.3 Å². The standard InChI is InChI=1S/C12H15BrN2O3/c13-10-3-4-12(15(16)17)9(6-10)7-14-8-11-2-1-5-18-11/h3-4,6,11,14H,1-2,5,7-8H2. The maximum absolute atomic E-state index is 10.9. The van der Waals surface area contributed by atoms with Gasteiger partial charge in [0.2, 0.25) is 0 Å². The van der Waals surface area contributed by atoms with Crippen molar-refractivity contribution in [2.45, 2.75) is 25.5 Å². The van der Waals surface area contributed by atoms with Crippen molar-refractivity contribution in [2.75, 3.05) is 13.2 Å². The Morgan fingerprint density at radius 1 is 1.56 bits per heavy atom. The Morgan fingerprint density at radius 3 is 3.06 bits per heavy atom. The summed E-state index contributed by atoms with van der Waals surface area (Å²) in [4.78, 5) is 10.5. The fourth-order valence-corrected chi connectivity index (χ4v) is 2.46. The van der Waals surface area contributed by atoms with Crippen LogP contribution >= 0.6 is 15.9 Å². The van der Waals surface area contributed by atoms with Crippen molar-refractivity contribution in [2.24, 2.45) is 0 Å². The van der Waals surface area contributed by atoms with Crippen molar-refractivity contribution < 1.29 is 9.66 Å². The molecule has 1 aliphatic heterocycles. The summed E-state index contributed by atoms with van der Waals surface area (Å²) in [6, 6.07) is 4.98. The van der Waals surface area contributed by atoms with Crippen molar-refractivity contribution in [3.63, 3.8) is 0 Å². The molecule has 6 heteroatoms. The van der Waals surface area contributed by atoms with Crippen molar-refractivity contribution in [1.82, 2.24) is 5.32 Å². The van der Waals surface area contributed by atoms with Crippen LogP contribution in [0.5, 0.6) is 0 Å². The lowest BCUT2D eigenvalue weighted by Crippen LogP contribution is -2.26. The minimum Gasteiger partial charge on any atom is -0.377 e. The van der Waals surface area contributed by atoms with Gasteiger partial charge in [0.05, 0.1) is 11.0 Å². The number of nitrogens with one attached hydrogen (secondary N) is 1. The van der Waals surface area contributed by atoms with Crippen molar-refractivity contribution in [1.29, 1.82) is 0 Å². The number of nitrogens with zero attached hydrogens (tertiary/aromatic N) is 1. The number of benzene rings is 1. The quantitative estimate of drug-likeness (QED) is 0.670. The van der Waals surface area contributed by atoms with Crippen molar-refractivity contribution in [3.8, 4) is 0 Å². The van der Waals surface area contributed by atoms with Gasteiger partial charge in [0.25, 0.3) is 5.69 Å². The summed E-state index contributed by atoms with van der Waals surface area (Å²) < 4.78 is 6.34. The van der Waals surface area contributed by atoms with Crippen LogP contribution in [0.1, 0.15) is 18.4 Å². The van der Waals surface area contributed by atoms with Crippen LogP contribution < -0.4 is 5.32 Å². The molecule has 1 atom stereocenters. The highest BCUT2D eigenvalue weighted by Crippen LogP contribution is 2.23. The third-order valence-corrected chi connectivity index (χ3v) is 3.44. The molecule has 1 saturated heterocycles. The number of nitro benzene ring substituents is 1. The molecule has 2 rings (SSSR count). The number of nitro groups is 1. The summed E-state index contributed by atoms with van der Waals surface area (Å²) in [5.74, 6) is 0. The Balaban J connectivity index is 1.94. The fourth-order valence-electron chi connectivity index (χ4n) is 2.05. The molecule has 1 unspecified atom stereocenters. The predicted molar refractivity (Wildman–Crippen MR) is 71.5 cm³/mol. The van der Waals surface area contributed by atoms with E-state index in [2.05, 4.69) is 21.2 Å². The number of rotatable bonds is 5. The first-order valence-corrected chi connectivity index (χ1v) is 6.71. The second-order valence-electron chi connectivity index (χ2n) is 4.30. The predicted octanol–water partition coefficient (Wildman–Crippen LogP) is 2.63. The van der Waals surface area contributed by atoms with E-state index in [9.17, 15) is 10.1 Å². The molecular formula is C12H15BrN2O3. The number of halogens is 1. The lowest BCUT2D eigenvalue weighted by Gasteiger charge is -2.11. The highest BCUT2D eigenvalue weighted by Gasteiger charge is 2.17. The summed E-state index contributed by atoms with van der Waals surface area (Å²) >= 11 is 3.33. The van der Waals surface area contributed by atoms with Gasteiger partial charge in [0.15, 0.2) is 0 Å². The van der Waals surface area contributed by atoms with Gasteiger partial charge in [-0.05, 0) is 25.0 Å². The highest BCUT2D eigenvalue weighted by molar-refractivity contribution is 9.10. The van der Waals surface area contributed by atoms with Crippen LogP contribution in [0, 0.1) is 10.1 Å². The molecule has 18 heavy (non-hydrogen) atoms. The topological polar surface area (TPSA) is 64.4 Å². The first-order valence-electron chi connectivity index (χ1n) is 5.92. The van der Waals surface area contributed by atoms with E-state index in [1.54, 1.807) is 12.1 Å². The number of hydrogen-bond acceptors (Lipinski definition) is 4. The lowest BCUT2D eigenvalue weighted by atomic mass is 10.1. The van der Waals surface area contributed by atoms with Gasteiger partial charge in [0, 0.05) is 35.8 Å². The van der Waals surface area contributed by atoms with Gasteiger partial charge < -0.3 is 10.1 Å². The van der Waals surface area contributed by atoms with Crippen LogP contribution in [0.25, 0.3) is 0 Å². The largest absolute Gasteiger partial charge is 0.377 e. The Labute approximate surface area is 114 Å². The zero-order valence-corrected chi connectivity index (χ0v) is 11.5. The molecule has 98 valence electrons. The molecule has 5 nitrogen and oxygen atoms in total. The first-order chi connectivity index (χ1) is 8.66. The molecule has 0 saturated carbocycles. The van der Waals surface area contributed by atoms with Gasteiger partial charge in [-0.1, -0.05) is 15.9 Å². The van der Waals surface area contributed by atoms with Gasteiger partial charge in [-0.25, -0.2) is 0 Å². The average molecular weight is 315 g/mol. The number of ether oxygens (including phenoxy) is 1. The second-order valence-corrected chi connectivity index (χ2v) is 5.21. The van der Waals surface area contributed by atoms with E-state index < -0.39 is 0 Å². The molecule has 1 aromatic rings. The zero-order valence-electron chi connectivity index (χ0n) is 9.89. The van der Waals surface area contributed by atoms with E-state index in [-0.39, 0.29) is 16.7 Å². The van der Waals surface area contributed by atoms with Gasteiger partial charge in [-0.15, -0.1) is 0 Å². The molecular weight excluding hydrogens is 300 g/mol. The van der Waals surface area contributed by atoms with Gasteiger partial charge in [-0.2, -0.15) is 0 Å². The van der Waals surface area contributed by atoms with Crippen LogP contribution in [0.4, 0.5) is 5.69 Å². The van der Waals surface area contributed by atoms with E-state index in [4.69, 9.17) is 4.74 Å². The van der Waals surface area contributed by atoms with Crippen LogP contribution in [0.2, 0.25) is 0 Å². The Morgan fingerprint density at radius 2 is 2.39 bits per heavy atom. The fraction of sp³-hybridized carbons (Fsp3) is 0.500. The molecule has 1 fully saturated rings. The molecule has 1 aliphatic rings. The Hall–Kier alpha value is -0.980. The van der Waals surface area contributed by atoms with Crippen LogP contribution in [-0.4, -0.2) is 24.2 Å². The van der Waals surface area contributed by atoms with E-state index in [0.29, 0.717) is 12.1 Å². The minimum absolute atomic E-state index is 0.151. The molecule has 0 aromatic heterocycles. The Bertz CT molecular complexity index is 433. The molecule has 0 bridgehead atoms. The molecule has 0 radical (unpaired) electrons. The maximum Gasteiger partial charge on any atom is 0.273 e. The van der Waals surface area contributed by atoms with E-state index in [1.165, 1.54) is 6.07 Å². The van der Waals surface area contributed by atoms with E-state index in [0.717, 1.165) is 30.5 Å². The maximum atomic E-state index is 10.9. The third-order valence-electron chi connectivity index (χ3n) is 2.95. The SMILES string of the molecule is O=[N+]([O-])c1ccc(Br)cc1CNCC1CCCO1. The summed E-state index contributed by atoms with van der Waals surface area (Å²) in [6.07, 6.45) is 2.41. The van der Waals surface area contributed by atoms with Gasteiger partial charge in [-0.3, -0.25) is 10.1 Å². The summed E-state index contributed by atoms with van der Waals surface area (Å²) in [6.45, 7) is 2.04. The first kappa shape index (κ1) is 13.5. The average Bonchev–Trinajstić information content (AvgIpc) is 2.82. The molecule has 1 aromatic carbocycles. The normalized spacial score (nSPS) is 19.1. The minimum atomic E-state index is -0.352. The molecule has 1 heterocycles. The summed E-state index contributed by atoms with van der Waals surface area (Å²) in [5.41, 5.74) is 0.838. The van der Waals surface area contributed by atoms with Crippen molar-refractivity contribution in [3.05, 3.63) is 38.3 Å². The molecule has 1 N–H and O–H groups in total. The van der Waals surface area contributed by atoms with Crippen LogP contribution in [0.3, 0.4) is 0 Å². The van der Waals surface area contributed by atoms with Crippen molar-refractivity contribution >= 4 is 21.6 Å². The van der Waals surface area contributed by atoms with Gasteiger partial charge >= 0.3 is 0 Å². The highest BCUT2D eigenvalue weighted by atomic mass is 79.9. The molecule has 0 spiro atoms. The van der Waals surface area contributed by atoms with Gasteiger partial charge in [0.1, 0.15) is 0 Å². The zero-order chi connectivity index (χ0) is 13.0. The number of hydrogen-bond donors (Lipinski definition) is 1. The monoisotopic (exact) mass is 314 g/mol. The third kappa shape index (κ3) is 3.51. The summed E-state index contributed by atoms with van der Waals surface area (Å²) in [5, 5.41) is 14.1. The van der Waals surface area contributed by atoms with E-state index >= 15 is 0 Å². The molecule has 0 aliphatic carbocycles. The van der Waals surface area contributed by atoms with E-state index in [1.807, 2.05) is 0 Å².